The molecule has 2 amide bonds. The predicted molar refractivity (Wildman–Crippen MR) is 70.9 cm³/mol. The molecule has 1 unspecified atom stereocenters. The van der Waals surface area contributed by atoms with Crippen LogP contribution >= 0.6 is 0 Å². The van der Waals surface area contributed by atoms with Crippen LogP contribution in [-0.4, -0.2) is 30.9 Å². The molecule has 0 saturated carbocycles. The molecule has 3 N–H and O–H groups in total. The third kappa shape index (κ3) is 5.13. The number of nitrogens with one attached hydrogen (secondary N) is 2. The number of halogens is 1. The Kier molecular flexibility index (Phi) is 6.08. The van der Waals surface area contributed by atoms with Gasteiger partial charge < -0.3 is 20.5 Å². The number of hydrogen-bond donors (Lipinski definition) is 3. The third-order valence-electron chi connectivity index (χ3n) is 2.65. The van der Waals surface area contributed by atoms with Crippen molar-refractivity contribution in [3.05, 3.63) is 24.0 Å². The van der Waals surface area contributed by atoms with Gasteiger partial charge >= 0.3 is 6.03 Å². The van der Waals surface area contributed by atoms with E-state index in [0.717, 1.165) is 0 Å². The van der Waals surface area contributed by atoms with Gasteiger partial charge in [0.25, 0.3) is 0 Å². The first-order chi connectivity index (χ1) is 9.06. The minimum atomic E-state index is -0.436. The zero-order chi connectivity index (χ0) is 14.3. The van der Waals surface area contributed by atoms with Crippen molar-refractivity contribution in [2.45, 2.75) is 25.9 Å². The number of ether oxygens (including phenoxy) is 1. The summed E-state index contributed by atoms with van der Waals surface area (Å²) in [6.45, 7) is 2.23. The van der Waals surface area contributed by atoms with Crippen molar-refractivity contribution in [3.63, 3.8) is 0 Å². The van der Waals surface area contributed by atoms with E-state index in [2.05, 4.69) is 10.6 Å². The molecule has 106 valence electrons. The van der Waals surface area contributed by atoms with Gasteiger partial charge in [-0.3, -0.25) is 0 Å². The molecule has 0 aliphatic heterocycles. The summed E-state index contributed by atoms with van der Waals surface area (Å²) in [7, 11) is 1.40. The van der Waals surface area contributed by atoms with Gasteiger partial charge in [-0.2, -0.15) is 0 Å². The smallest absolute Gasteiger partial charge is 0.319 e. The number of rotatable bonds is 6. The van der Waals surface area contributed by atoms with Crippen molar-refractivity contribution in [3.8, 4) is 5.75 Å². The number of hydrogen-bond acceptors (Lipinski definition) is 3. The fourth-order valence-corrected chi connectivity index (χ4v) is 1.49. The lowest BCUT2D eigenvalue weighted by molar-refractivity contribution is 0.160. The van der Waals surface area contributed by atoms with Gasteiger partial charge in [0.1, 0.15) is 11.6 Å². The number of methoxy groups -OCH3 is 1. The van der Waals surface area contributed by atoms with E-state index in [1.165, 1.54) is 25.3 Å². The lowest BCUT2D eigenvalue weighted by Crippen LogP contribution is -2.31. The number of aliphatic hydroxyl groups is 1. The van der Waals surface area contributed by atoms with E-state index in [-0.39, 0.29) is 5.75 Å². The highest BCUT2D eigenvalue weighted by atomic mass is 19.1. The van der Waals surface area contributed by atoms with Crippen LogP contribution in [0, 0.1) is 5.82 Å². The maximum absolute atomic E-state index is 13.0. The van der Waals surface area contributed by atoms with Crippen molar-refractivity contribution < 1.29 is 19.0 Å². The van der Waals surface area contributed by atoms with Crippen molar-refractivity contribution in [2.75, 3.05) is 19.0 Å². The molecule has 0 saturated heterocycles. The molecule has 0 fully saturated rings. The fourth-order valence-electron chi connectivity index (χ4n) is 1.49. The van der Waals surface area contributed by atoms with E-state index in [1.807, 2.05) is 6.92 Å². The summed E-state index contributed by atoms with van der Waals surface area (Å²) in [5.41, 5.74) is 0.387. The normalized spacial score (nSPS) is 11.8. The quantitative estimate of drug-likeness (QED) is 0.741. The van der Waals surface area contributed by atoms with E-state index in [0.29, 0.717) is 25.1 Å². The first kappa shape index (κ1) is 15.2. The monoisotopic (exact) mass is 270 g/mol. The van der Waals surface area contributed by atoms with Crippen LogP contribution < -0.4 is 15.4 Å². The van der Waals surface area contributed by atoms with Crippen molar-refractivity contribution in [1.82, 2.24) is 5.32 Å². The average Bonchev–Trinajstić information content (AvgIpc) is 2.40. The molecule has 0 aliphatic carbocycles. The summed E-state index contributed by atoms with van der Waals surface area (Å²) in [6, 6.07) is 3.43. The summed E-state index contributed by atoms with van der Waals surface area (Å²) in [5, 5.41) is 14.5. The molecule has 19 heavy (non-hydrogen) atoms. The van der Waals surface area contributed by atoms with Gasteiger partial charge in [0.15, 0.2) is 0 Å². The molecule has 0 bridgehead atoms. The molecule has 5 nitrogen and oxygen atoms in total. The average molecular weight is 270 g/mol. The molecule has 0 radical (unpaired) electrons. The van der Waals surface area contributed by atoms with E-state index in [9.17, 15) is 14.3 Å². The highest BCUT2D eigenvalue weighted by molar-refractivity contribution is 5.90. The topological polar surface area (TPSA) is 70.6 Å². The van der Waals surface area contributed by atoms with Crippen LogP contribution in [0.25, 0.3) is 0 Å². The first-order valence-corrected chi connectivity index (χ1v) is 6.13. The van der Waals surface area contributed by atoms with E-state index < -0.39 is 18.0 Å². The number of carbonyl (C=O) groups excluding carboxylic acids is 1. The van der Waals surface area contributed by atoms with Gasteiger partial charge in [-0.05, 0) is 25.0 Å². The standard InChI is InChI=1S/C13H19FN2O3/c1-3-10(17)6-7-15-13(18)16-11-5-4-9(14)8-12(11)19-2/h4-5,8,10,17H,3,6-7H2,1-2H3,(H2,15,16,18). The van der Waals surface area contributed by atoms with Gasteiger partial charge in [0, 0.05) is 12.6 Å². The molecule has 0 aromatic heterocycles. The van der Waals surface area contributed by atoms with Gasteiger partial charge in [-0.25, -0.2) is 9.18 Å². The van der Waals surface area contributed by atoms with Crippen LogP contribution in [0.5, 0.6) is 5.75 Å². The molecule has 0 spiro atoms. The highest BCUT2D eigenvalue weighted by Gasteiger charge is 2.08. The van der Waals surface area contributed by atoms with Crippen LogP contribution in [-0.2, 0) is 0 Å². The number of amides is 2. The highest BCUT2D eigenvalue weighted by Crippen LogP contribution is 2.24. The molecule has 1 aromatic rings. The lowest BCUT2D eigenvalue weighted by Gasteiger charge is -2.12. The molecule has 6 heteroatoms. The molecule has 1 aromatic carbocycles. The van der Waals surface area contributed by atoms with Gasteiger partial charge in [0.2, 0.25) is 0 Å². The number of carbonyl (C=O) groups is 1. The van der Waals surface area contributed by atoms with E-state index in [4.69, 9.17) is 4.74 Å². The van der Waals surface area contributed by atoms with Crippen LogP contribution in [0.2, 0.25) is 0 Å². The molecule has 0 aliphatic rings. The maximum Gasteiger partial charge on any atom is 0.319 e. The number of urea groups is 1. The predicted octanol–water partition coefficient (Wildman–Crippen LogP) is 2.12. The molecular weight excluding hydrogens is 251 g/mol. The Morgan fingerprint density at radius 1 is 1.53 bits per heavy atom. The second-order valence-electron chi connectivity index (χ2n) is 4.08. The lowest BCUT2D eigenvalue weighted by atomic mass is 10.2. The summed E-state index contributed by atoms with van der Waals surface area (Å²) < 4.78 is 17.9. The maximum atomic E-state index is 13.0. The van der Waals surface area contributed by atoms with Crippen molar-refractivity contribution >= 4 is 11.7 Å². The van der Waals surface area contributed by atoms with Crippen LogP contribution in [0.15, 0.2) is 18.2 Å². The Balaban J connectivity index is 2.48. The van der Waals surface area contributed by atoms with E-state index >= 15 is 0 Å². The largest absolute Gasteiger partial charge is 0.494 e. The third-order valence-corrected chi connectivity index (χ3v) is 2.65. The van der Waals surface area contributed by atoms with Crippen molar-refractivity contribution in [1.29, 1.82) is 0 Å². The Bertz CT molecular complexity index is 426. The second-order valence-corrected chi connectivity index (χ2v) is 4.08. The van der Waals surface area contributed by atoms with E-state index in [1.54, 1.807) is 0 Å². The van der Waals surface area contributed by atoms with Crippen molar-refractivity contribution in [2.24, 2.45) is 0 Å². The minimum absolute atomic E-state index is 0.253. The molecule has 1 atom stereocenters. The van der Waals surface area contributed by atoms with Gasteiger partial charge in [0.05, 0.1) is 18.9 Å². The fraction of sp³-hybridized carbons (Fsp3) is 0.462. The summed E-state index contributed by atoms with van der Waals surface area (Å²) in [6.07, 6.45) is 0.722. The Morgan fingerprint density at radius 2 is 2.26 bits per heavy atom. The summed E-state index contributed by atoms with van der Waals surface area (Å²) >= 11 is 0. The minimum Gasteiger partial charge on any atom is -0.494 e. The SMILES string of the molecule is CCC(O)CCNC(=O)Nc1ccc(F)cc1OC. The van der Waals surface area contributed by atoms with Gasteiger partial charge in [-0.1, -0.05) is 6.92 Å². The Labute approximate surface area is 111 Å². The summed E-state index contributed by atoms with van der Waals surface area (Å²) in [4.78, 5) is 11.6. The Morgan fingerprint density at radius 3 is 2.89 bits per heavy atom. The molecule has 0 heterocycles. The Hall–Kier alpha value is -1.82. The van der Waals surface area contributed by atoms with Gasteiger partial charge in [-0.15, -0.1) is 0 Å². The second kappa shape index (κ2) is 7.58. The molecule has 1 rings (SSSR count). The van der Waals surface area contributed by atoms with Crippen LogP contribution in [0.1, 0.15) is 19.8 Å². The number of anilines is 1. The zero-order valence-electron chi connectivity index (χ0n) is 11.1. The van der Waals surface area contributed by atoms with Crippen LogP contribution in [0.4, 0.5) is 14.9 Å². The number of benzene rings is 1. The first-order valence-electron chi connectivity index (χ1n) is 6.13. The molecular formula is C13H19FN2O3. The van der Waals surface area contributed by atoms with Crippen LogP contribution in [0.3, 0.4) is 0 Å². The zero-order valence-corrected chi connectivity index (χ0v) is 11.1. The summed E-state index contributed by atoms with van der Waals surface area (Å²) in [5.74, 6) is -0.183. The number of aliphatic hydroxyl groups excluding tert-OH is 1.